The Morgan fingerprint density at radius 1 is 1.13 bits per heavy atom. The molecule has 2 N–H and O–H groups in total. The summed E-state index contributed by atoms with van der Waals surface area (Å²) in [4.78, 5) is 14.0. The number of nitrogens with one attached hydrogen (secondary N) is 2. The molecule has 0 aromatic heterocycles. The average Bonchev–Trinajstić information content (AvgIpc) is 3.04. The lowest BCUT2D eigenvalue weighted by atomic mass is 10.1. The Hall–Kier alpha value is -1.84. The SMILES string of the molecule is Cc1cc(NC(=O)c2ccc(C[NH+]3CCCC3)cc2)ccc1Cl. The highest BCUT2D eigenvalue weighted by Gasteiger charge is 2.15. The number of amides is 1. The molecule has 0 atom stereocenters. The van der Waals surface area contributed by atoms with Gasteiger partial charge in [0.2, 0.25) is 0 Å². The molecule has 0 spiro atoms. The Labute approximate surface area is 142 Å². The molecule has 2 aromatic carbocycles. The van der Waals surface area contributed by atoms with E-state index < -0.39 is 0 Å². The van der Waals surface area contributed by atoms with Crippen molar-refractivity contribution in [2.24, 2.45) is 0 Å². The third kappa shape index (κ3) is 4.12. The Bertz CT molecular complexity index is 691. The van der Waals surface area contributed by atoms with Crippen molar-refractivity contribution in [2.45, 2.75) is 26.3 Å². The van der Waals surface area contributed by atoms with E-state index in [0.29, 0.717) is 10.6 Å². The Morgan fingerprint density at radius 2 is 1.83 bits per heavy atom. The van der Waals surface area contributed by atoms with Gasteiger partial charge in [0.1, 0.15) is 6.54 Å². The van der Waals surface area contributed by atoms with E-state index in [1.165, 1.54) is 31.5 Å². The predicted octanol–water partition coefficient (Wildman–Crippen LogP) is 3.08. The molecule has 1 aliphatic heterocycles. The van der Waals surface area contributed by atoms with Crippen molar-refractivity contribution in [3.05, 3.63) is 64.2 Å². The minimum atomic E-state index is -0.0909. The smallest absolute Gasteiger partial charge is 0.255 e. The molecule has 0 saturated carbocycles. The van der Waals surface area contributed by atoms with Crippen LogP contribution < -0.4 is 10.2 Å². The van der Waals surface area contributed by atoms with Gasteiger partial charge in [0.15, 0.2) is 0 Å². The number of quaternary nitrogens is 1. The maximum Gasteiger partial charge on any atom is 0.255 e. The van der Waals surface area contributed by atoms with Crippen LogP contribution in [-0.4, -0.2) is 19.0 Å². The van der Waals surface area contributed by atoms with Gasteiger partial charge in [-0.1, -0.05) is 23.7 Å². The standard InChI is InChI=1S/C19H21ClN2O/c1-14-12-17(8-9-18(14)20)21-19(23)16-6-4-15(5-7-16)13-22-10-2-3-11-22/h4-9,12H,2-3,10-11,13H2,1H3,(H,21,23)/p+1. The Balaban J connectivity index is 1.63. The predicted molar refractivity (Wildman–Crippen MR) is 94.2 cm³/mol. The summed E-state index contributed by atoms with van der Waals surface area (Å²) in [6.07, 6.45) is 2.66. The van der Waals surface area contributed by atoms with Crippen LogP contribution in [0.4, 0.5) is 5.69 Å². The number of carbonyl (C=O) groups excluding carboxylic acids is 1. The highest BCUT2D eigenvalue weighted by atomic mass is 35.5. The van der Waals surface area contributed by atoms with Gasteiger partial charge in [0.25, 0.3) is 5.91 Å². The number of anilines is 1. The molecule has 1 amide bonds. The Morgan fingerprint density at radius 3 is 2.48 bits per heavy atom. The average molecular weight is 330 g/mol. The zero-order chi connectivity index (χ0) is 16.2. The first-order valence-electron chi connectivity index (χ1n) is 8.12. The number of halogens is 1. The van der Waals surface area contributed by atoms with Gasteiger partial charge in [-0.15, -0.1) is 0 Å². The molecule has 3 rings (SSSR count). The van der Waals surface area contributed by atoms with Crippen LogP contribution in [0.1, 0.15) is 34.3 Å². The van der Waals surface area contributed by atoms with Gasteiger partial charge in [-0.2, -0.15) is 0 Å². The first-order chi connectivity index (χ1) is 11.1. The largest absolute Gasteiger partial charge is 0.331 e. The summed E-state index contributed by atoms with van der Waals surface area (Å²) in [6, 6.07) is 13.4. The minimum absolute atomic E-state index is 0.0909. The van der Waals surface area contributed by atoms with Crippen LogP contribution in [0.15, 0.2) is 42.5 Å². The fourth-order valence-corrected chi connectivity index (χ4v) is 3.16. The molecule has 0 aliphatic carbocycles. The molecule has 120 valence electrons. The lowest BCUT2D eigenvalue weighted by molar-refractivity contribution is -0.901. The summed E-state index contributed by atoms with van der Waals surface area (Å²) in [5.41, 5.74) is 3.69. The summed E-state index contributed by atoms with van der Waals surface area (Å²) in [7, 11) is 0. The molecule has 1 saturated heterocycles. The second kappa shape index (κ2) is 7.16. The van der Waals surface area contributed by atoms with Crippen LogP contribution >= 0.6 is 11.6 Å². The zero-order valence-electron chi connectivity index (χ0n) is 13.4. The van der Waals surface area contributed by atoms with Gasteiger partial charge in [-0.05, 0) is 42.8 Å². The molecule has 1 fully saturated rings. The number of rotatable bonds is 4. The van der Waals surface area contributed by atoms with Crippen molar-refractivity contribution in [1.82, 2.24) is 0 Å². The van der Waals surface area contributed by atoms with Crippen LogP contribution in [0.5, 0.6) is 0 Å². The molecule has 3 nitrogen and oxygen atoms in total. The number of benzene rings is 2. The second-order valence-corrected chi connectivity index (χ2v) is 6.66. The van der Waals surface area contributed by atoms with E-state index in [0.717, 1.165) is 17.8 Å². The van der Waals surface area contributed by atoms with Gasteiger partial charge in [0, 0.05) is 34.7 Å². The number of hydrogen-bond acceptors (Lipinski definition) is 1. The molecular weight excluding hydrogens is 308 g/mol. The maximum absolute atomic E-state index is 12.3. The lowest BCUT2D eigenvalue weighted by Gasteiger charge is -2.12. The van der Waals surface area contributed by atoms with Gasteiger partial charge in [0.05, 0.1) is 13.1 Å². The fraction of sp³-hybridized carbons (Fsp3) is 0.316. The van der Waals surface area contributed by atoms with Gasteiger partial charge < -0.3 is 10.2 Å². The fourth-order valence-electron chi connectivity index (χ4n) is 3.04. The normalized spacial score (nSPS) is 14.9. The van der Waals surface area contributed by atoms with E-state index in [1.54, 1.807) is 11.0 Å². The molecule has 0 unspecified atom stereocenters. The summed E-state index contributed by atoms with van der Waals surface area (Å²) in [6.45, 7) is 5.50. The van der Waals surface area contributed by atoms with Crippen molar-refractivity contribution >= 4 is 23.2 Å². The van der Waals surface area contributed by atoms with E-state index in [4.69, 9.17) is 11.6 Å². The quantitative estimate of drug-likeness (QED) is 0.888. The summed E-state index contributed by atoms with van der Waals surface area (Å²) < 4.78 is 0. The third-order valence-corrected chi connectivity index (χ3v) is 4.82. The van der Waals surface area contributed by atoms with Crippen LogP contribution in [0, 0.1) is 6.92 Å². The molecule has 0 bridgehead atoms. The van der Waals surface area contributed by atoms with Crippen molar-refractivity contribution < 1.29 is 9.69 Å². The Kier molecular flexibility index (Phi) is 4.99. The first-order valence-corrected chi connectivity index (χ1v) is 8.49. The summed E-state index contributed by atoms with van der Waals surface area (Å²) in [5, 5.41) is 3.62. The summed E-state index contributed by atoms with van der Waals surface area (Å²) >= 11 is 6.01. The van der Waals surface area contributed by atoms with Gasteiger partial charge >= 0.3 is 0 Å². The number of aryl methyl sites for hydroxylation is 1. The van der Waals surface area contributed by atoms with E-state index in [9.17, 15) is 4.79 Å². The maximum atomic E-state index is 12.3. The molecule has 4 heteroatoms. The van der Waals surface area contributed by atoms with E-state index in [-0.39, 0.29) is 5.91 Å². The van der Waals surface area contributed by atoms with Crippen LogP contribution in [0.3, 0.4) is 0 Å². The third-order valence-electron chi connectivity index (χ3n) is 4.40. The molecule has 23 heavy (non-hydrogen) atoms. The topological polar surface area (TPSA) is 33.5 Å². The van der Waals surface area contributed by atoms with Crippen LogP contribution in [0.2, 0.25) is 5.02 Å². The molecule has 1 aliphatic rings. The monoisotopic (exact) mass is 329 g/mol. The zero-order valence-corrected chi connectivity index (χ0v) is 14.1. The van der Waals surface area contributed by atoms with Crippen molar-refractivity contribution in [1.29, 1.82) is 0 Å². The van der Waals surface area contributed by atoms with Crippen molar-refractivity contribution in [3.63, 3.8) is 0 Å². The number of hydrogen-bond donors (Lipinski definition) is 2. The molecule has 0 radical (unpaired) electrons. The van der Waals surface area contributed by atoms with E-state index >= 15 is 0 Å². The molecule has 1 heterocycles. The van der Waals surface area contributed by atoms with Crippen LogP contribution in [0.25, 0.3) is 0 Å². The number of likely N-dealkylation sites (tertiary alicyclic amines) is 1. The van der Waals surface area contributed by atoms with Crippen molar-refractivity contribution in [2.75, 3.05) is 18.4 Å². The first kappa shape index (κ1) is 16.0. The highest BCUT2D eigenvalue weighted by Crippen LogP contribution is 2.20. The molecular formula is C19H22ClN2O+. The van der Waals surface area contributed by atoms with E-state index in [1.807, 2.05) is 31.2 Å². The summed E-state index contributed by atoms with van der Waals surface area (Å²) in [5.74, 6) is -0.0909. The van der Waals surface area contributed by atoms with Crippen molar-refractivity contribution in [3.8, 4) is 0 Å². The van der Waals surface area contributed by atoms with Gasteiger partial charge in [-0.25, -0.2) is 0 Å². The second-order valence-electron chi connectivity index (χ2n) is 6.25. The number of carbonyl (C=O) groups is 1. The van der Waals surface area contributed by atoms with E-state index in [2.05, 4.69) is 17.4 Å². The minimum Gasteiger partial charge on any atom is -0.331 e. The van der Waals surface area contributed by atoms with Gasteiger partial charge in [-0.3, -0.25) is 4.79 Å². The lowest BCUT2D eigenvalue weighted by Crippen LogP contribution is -3.08. The van der Waals surface area contributed by atoms with Crippen LogP contribution in [-0.2, 0) is 6.54 Å². The molecule has 2 aromatic rings. The highest BCUT2D eigenvalue weighted by molar-refractivity contribution is 6.31.